The number of halogens is 1. The van der Waals surface area contributed by atoms with Crippen molar-refractivity contribution in [3.05, 3.63) is 59.7 Å². The summed E-state index contributed by atoms with van der Waals surface area (Å²) >= 11 is 1.68. The molecule has 6 rings (SSSR count). The minimum absolute atomic E-state index is 0.168. The van der Waals surface area contributed by atoms with Crippen molar-refractivity contribution in [3.63, 3.8) is 0 Å². The SMILES string of the molecule is Fc1cc(-c2cnc(C3CCCCC3)[nH]2)ccc1-c1sc(-c2cnc[nH]2)c2c1CCC2. The average Bonchev–Trinajstić information content (AvgIpc) is 3.59. The number of nitrogens with zero attached hydrogens (tertiary/aromatic N) is 2. The van der Waals surface area contributed by atoms with Crippen molar-refractivity contribution in [3.8, 4) is 32.3 Å². The van der Waals surface area contributed by atoms with Gasteiger partial charge in [-0.25, -0.2) is 14.4 Å². The molecule has 0 amide bonds. The van der Waals surface area contributed by atoms with Crippen LogP contribution in [-0.2, 0) is 12.8 Å². The van der Waals surface area contributed by atoms with E-state index in [1.165, 1.54) is 48.1 Å². The van der Waals surface area contributed by atoms with Crippen molar-refractivity contribution in [1.29, 1.82) is 0 Å². The van der Waals surface area contributed by atoms with Crippen LogP contribution in [0.15, 0.2) is 36.9 Å². The van der Waals surface area contributed by atoms with Crippen molar-refractivity contribution in [2.24, 2.45) is 0 Å². The van der Waals surface area contributed by atoms with Crippen LogP contribution in [0.25, 0.3) is 32.3 Å². The molecular formula is C25H25FN4S. The van der Waals surface area contributed by atoms with E-state index in [0.29, 0.717) is 11.5 Å². The summed E-state index contributed by atoms with van der Waals surface area (Å²) in [4.78, 5) is 17.7. The normalized spacial score (nSPS) is 16.7. The molecule has 2 aliphatic carbocycles. The fraction of sp³-hybridized carbons (Fsp3) is 0.360. The van der Waals surface area contributed by atoms with Gasteiger partial charge in [-0.3, -0.25) is 0 Å². The van der Waals surface area contributed by atoms with Gasteiger partial charge in [-0.05, 0) is 55.4 Å². The van der Waals surface area contributed by atoms with Gasteiger partial charge in [0.2, 0.25) is 0 Å². The topological polar surface area (TPSA) is 57.4 Å². The minimum Gasteiger partial charge on any atom is -0.344 e. The summed E-state index contributed by atoms with van der Waals surface area (Å²) in [7, 11) is 0. The lowest BCUT2D eigenvalue weighted by molar-refractivity contribution is 0.431. The first-order valence-electron chi connectivity index (χ1n) is 11.3. The van der Waals surface area contributed by atoms with Gasteiger partial charge in [0.25, 0.3) is 0 Å². The maximum absolute atomic E-state index is 15.4. The first-order valence-corrected chi connectivity index (χ1v) is 12.1. The molecule has 6 heteroatoms. The molecule has 0 bridgehead atoms. The number of benzene rings is 1. The highest BCUT2D eigenvalue weighted by atomic mass is 32.1. The Hall–Kier alpha value is -2.73. The van der Waals surface area contributed by atoms with E-state index in [1.54, 1.807) is 23.7 Å². The molecule has 0 atom stereocenters. The molecule has 4 aromatic rings. The second-order valence-corrected chi connectivity index (χ2v) is 9.77. The predicted octanol–water partition coefficient (Wildman–Crippen LogP) is 6.87. The van der Waals surface area contributed by atoms with Gasteiger partial charge in [-0.15, -0.1) is 11.3 Å². The maximum atomic E-state index is 15.4. The Bertz CT molecular complexity index is 1210. The summed E-state index contributed by atoms with van der Waals surface area (Å²) < 4.78 is 15.4. The van der Waals surface area contributed by atoms with E-state index in [1.807, 2.05) is 24.5 Å². The van der Waals surface area contributed by atoms with Crippen LogP contribution < -0.4 is 0 Å². The second kappa shape index (κ2) is 7.75. The number of aromatic nitrogens is 4. The van der Waals surface area contributed by atoms with Crippen LogP contribution in [0.5, 0.6) is 0 Å². The lowest BCUT2D eigenvalue weighted by Gasteiger charge is -2.19. The van der Waals surface area contributed by atoms with Gasteiger partial charge < -0.3 is 9.97 Å². The number of rotatable bonds is 4. The zero-order chi connectivity index (χ0) is 20.8. The van der Waals surface area contributed by atoms with E-state index in [0.717, 1.165) is 46.9 Å². The molecule has 2 aliphatic rings. The number of thiophene rings is 1. The van der Waals surface area contributed by atoms with Gasteiger partial charge in [0.15, 0.2) is 0 Å². The molecule has 2 N–H and O–H groups in total. The number of aromatic amines is 2. The Morgan fingerprint density at radius 3 is 2.55 bits per heavy atom. The molecule has 0 aliphatic heterocycles. The van der Waals surface area contributed by atoms with Crippen LogP contribution in [0.2, 0.25) is 0 Å². The summed E-state index contributed by atoms with van der Waals surface area (Å²) in [6.07, 6.45) is 14.9. The molecule has 3 heterocycles. The van der Waals surface area contributed by atoms with Gasteiger partial charge >= 0.3 is 0 Å². The lowest BCUT2D eigenvalue weighted by Crippen LogP contribution is -2.06. The highest BCUT2D eigenvalue weighted by molar-refractivity contribution is 7.19. The van der Waals surface area contributed by atoms with Crippen LogP contribution >= 0.6 is 11.3 Å². The van der Waals surface area contributed by atoms with Crippen LogP contribution in [0.3, 0.4) is 0 Å². The number of H-pyrrole nitrogens is 2. The van der Waals surface area contributed by atoms with E-state index in [-0.39, 0.29) is 5.82 Å². The molecule has 1 aromatic carbocycles. The fourth-order valence-electron chi connectivity index (χ4n) is 5.22. The Labute approximate surface area is 185 Å². The molecule has 0 saturated heterocycles. The minimum atomic E-state index is -0.168. The zero-order valence-electron chi connectivity index (χ0n) is 17.4. The molecule has 4 nitrogen and oxygen atoms in total. The third kappa shape index (κ3) is 3.33. The second-order valence-electron chi connectivity index (χ2n) is 8.75. The highest BCUT2D eigenvalue weighted by Gasteiger charge is 2.26. The van der Waals surface area contributed by atoms with Gasteiger partial charge in [0, 0.05) is 21.9 Å². The molecule has 0 radical (unpaired) electrons. The Morgan fingerprint density at radius 2 is 1.77 bits per heavy atom. The molecule has 0 spiro atoms. The van der Waals surface area contributed by atoms with Crippen LogP contribution in [-0.4, -0.2) is 19.9 Å². The Morgan fingerprint density at radius 1 is 0.935 bits per heavy atom. The predicted molar refractivity (Wildman–Crippen MR) is 123 cm³/mol. The Kier molecular flexibility index (Phi) is 4.75. The van der Waals surface area contributed by atoms with E-state index in [9.17, 15) is 0 Å². The monoisotopic (exact) mass is 432 g/mol. The third-order valence-electron chi connectivity index (χ3n) is 6.83. The molecule has 3 aromatic heterocycles. The van der Waals surface area contributed by atoms with Crippen LogP contribution in [0, 0.1) is 5.82 Å². The summed E-state index contributed by atoms with van der Waals surface area (Å²) in [6, 6.07) is 5.62. The fourth-order valence-corrected chi connectivity index (χ4v) is 6.62. The van der Waals surface area contributed by atoms with E-state index < -0.39 is 0 Å². The Balaban J connectivity index is 1.34. The van der Waals surface area contributed by atoms with E-state index in [4.69, 9.17) is 0 Å². The quantitative estimate of drug-likeness (QED) is 0.370. The number of imidazole rings is 2. The first kappa shape index (κ1) is 19.0. The van der Waals surface area contributed by atoms with Crippen LogP contribution in [0.4, 0.5) is 4.39 Å². The number of hydrogen-bond acceptors (Lipinski definition) is 3. The van der Waals surface area contributed by atoms with Gasteiger partial charge in [0.05, 0.1) is 35.0 Å². The maximum Gasteiger partial charge on any atom is 0.132 e. The van der Waals surface area contributed by atoms with E-state index in [2.05, 4.69) is 19.9 Å². The van der Waals surface area contributed by atoms with Crippen molar-refractivity contribution in [2.45, 2.75) is 57.3 Å². The average molecular weight is 433 g/mol. The van der Waals surface area contributed by atoms with Crippen LogP contribution in [0.1, 0.15) is 61.4 Å². The molecule has 1 saturated carbocycles. The first-order chi connectivity index (χ1) is 15.3. The third-order valence-corrected chi connectivity index (χ3v) is 8.17. The molecule has 0 unspecified atom stereocenters. The summed E-state index contributed by atoms with van der Waals surface area (Å²) in [5, 5.41) is 0. The zero-order valence-corrected chi connectivity index (χ0v) is 18.2. The van der Waals surface area contributed by atoms with Crippen molar-refractivity contribution in [2.75, 3.05) is 0 Å². The number of fused-ring (bicyclic) bond motifs is 1. The smallest absolute Gasteiger partial charge is 0.132 e. The largest absolute Gasteiger partial charge is 0.344 e. The van der Waals surface area contributed by atoms with Crippen molar-refractivity contribution in [1.82, 2.24) is 19.9 Å². The summed E-state index contributed by atoms with van der Waals surface area (Å²) in [5.74, 6) is 1.40. The molecule has 1 fully saturated rings. The lowest BCUT2D eigenvalue weighted by atomic mass is 9.89. The van der Waals surface area contributed by atoms with E-state index >= 15 is 4.39 Å². The van der Waals surface area contributed by atoms with Crippen molar-refractivity contribution < 1.29 is 4.39 Å². The number of nitrogens with one attached hydrogen (secondary N) is 2. The van der Waals surface area contributed by atoms with Gasteiger partial charge in [-0.1, -0.05) is 25.3 Å². The molecule has 158 valence electrons. The number of hydrogen-bond donors (Lipinski definition) is 2. The summed E-state index contributed by atoms with van der Waals surface area (Å²) in [5.41, 5.74) is 6.16. The molecular weight excluding hydrogens is 407 g/mol. The summed E-state index contributed by atoms with van der Waals surface area (Å²) in [6.45, 7) is 0. The van der Waals surface area contributed by atoms with Gasteiger partial charge in [0.1, 0.15) is 11.6 Å². The standard InChI is InChI=1S/C25H25FN4S/c26-20-11-16(21-13-28-25(30-21)15-5-2-1-3-6-15)9-10-19(20)23-17-7-4-8-18(17)24(31-23)22-12-27-14-29-22/h9-15H,1-8H2,(H,27,29)(H,28,30). The molecule has 31 heavy (non-hydrogen) atoms. The van der Waals surface area contributed by atoms with Crippen molar-refractivity contribution >= 4 is 11.3 Å². The highest BCUT2D eigenvalue weighted by Crippen LogP contribution is 2.46. The van der Waals surface area contributed by atoms with Gasteiger partial charge in [-0.2, -0.15) is 0 Å².